The van der Waals surface area contributed by atoms with Gasteiger partial charge in [0.1, 0.15) is 0 Å². The lowest BCUT2D eigenvalue weighted by atomic mass is 10.2. The predicted molar refractivity (Wildman–Crippen MR) is 46.8 cm³/mol. The van der Waals surface area contributed by atoms with Gasteiger partial charge in [-0.1, -0.05) is 0 Å². The summed E-state index contributed by atoms with van der Waals surface area (Å²) >= 11 is 5.61. The van der Waals surface area contributed by atoms with E-state index in [-0.39, 0.29) is 8.95 Å². The van der Waals surface area contributed by atoms with Gasteiger partial charge in [0, 0.05) is 8.95 Å². The lowest BCUT2D eigenvalue weighted by Crippen LogP contribution is -2.04. The third-order valence-corrected chi connectivity index (χ3v) is 2.73. The molecule has 0 radical (unpaired) electrons. The second-order valence-electron chi connectivity index (χ2n) is 1.88. The first-order valence-corrected chi connectivity index (χ1v) is 4.28. The van der Waals surface area contributed by atoms with Crippen LogP contribution in [0.3, 0.4) is 0 Å². The van der Waals surface area contributed by atoms with E-state index in [2.05, 4.69) is 31.9 Å². The van der Waals surface area contributed by atoms with Gasteiger partial charge in [-0.3, -0.25) is 0 Å². The van der Waals surface area contributed by atoms with Crippen molar-refractivity contribution in [2.45, 2.75) is 6.18 Å². The molecule has 0 bridgehead atoms. The standard InChI is InChI=1S/C7H3Br2F3/c8-5-2-1-4(3-6(5)9)7(10,11)12/h1-3H/i1D,2D,3D. The average Bonchev–Trinajstić information content (AvgIpc) is 2.09. The van der Waals surface area contributed by atoms with Crippen LogP contribution in [0.25, 0.3) is 0 Å². The maximum absolute atomic E-state index is 12.4. The van der Waals surface area contributed by atoms with Crippen LogP contribution in [0.1, 0.15) is 9.68 Å². The minimum absolute atomic E-state index is 0.0227. The summed E-state index contributed by atoms with van der Waals surface area (Å²) in [6.07, 6.45) is -4.80. The normalized spacial score (nSPS) is 15.2. The quantitative estimate of drug-likeness (QED) is 0.673. The Morgan fingerprint density at radius 3 is 2.25 bits per heavy atom. The van der Waals surface area contributed by atoms with Crippen LogP contribution in [-0.4, -0.2) is 0 Å². The Bertz CT molecular complexity index is 388. The zero-order valence-electron chi connectivity index (χ0n) is 8.39. The van der Waals surface area contributed by atoms with E-state index in [1.807, 2.05) is 0 Å². The molecule has 0 nitrogen and oxygen atoms in total. The van der Waals surface area contributed by atoms with Crippen LogP contribution in [0.2, 0.25) is 0 Å². The van der Waals surface area contributed by atoms with Gasteiger partial charge in [0.2, 0.25) is 0 Å². The minimum atomic E-state index is -4.80. The van der Waals surface area contributed by atoms with Gasteiger partial charge in [0.05, 0.1) is 9.68 Å². The molecule has 1 rings (SSSR count). The van der Waals surface area contributed by atoms with Crippen LogP contribution >= 0.6 is 31.9 Å². The Balaban J connectivity index is 3.68. The molecule has 66 valence electrons. The number of halogens is 5. The summed E-state index contributed by atoms with van der Waals surface area (Å²) in [5, 5.41) is 0. The molecule has 12 heavy (non-hydrogen) atoms. The van der Waals surface area contributed by atoms with Crippen molar-refractivity contribution in [3.8, 4) is 0 Å². The van der Waals surface area contributed by atoms with E-state index in [1.54, 1.807) is 0 Å². The zero-order valence-corrected chi connectivity index (χ0v) is 8.56. The fraction of sp³-hybridized carbons (Fsp3) is 0.143. The number of hydrogen-bond donors (Lipinski definition) is 0. The van der Waals surface area contributed by atoms with Crippen LogP contribution < -0.4 is 0 Å². The molecule has 0 saturated heterocycles. The van der Waals surface area contributed by atoms with E-state index >= 15 is 0 Å². The van der Waals surface area contributed by atoms with E-state index in [4.69, 9.17) is 4.11 Å². The van der Waals surface area contributed by atoms with Crippen molar-refractivity contribution in [3.63, 3.8) is 0 Å². The van der Waals surface area contributed by atoms with Gasteiger partial charge in [-0.25, -0.2) is 0 Å². The van der Waals surface area contributed by atoms with Crippen molar-refractivity contribution in [1.29, 1.82) is 0 Å². The number of rotatable bonds is 0. The second-order valence-corrected chi connectivity index (χ2v) is 3.46. The number of benzene rings is 1. The van der Waals surface area contributed by atoms with Gasteiger partial charge in [-0.15, -0.1) is 0 Å². The molecule has 1 aromatic carbocycles. The lowest BCUT2D eigenvalue weighted by molar-refractivity contribution is -0.137. The Hall–Kier alpha value is -0.0300. The molecule has 0 aromatic heterocycles. The molecule has 0 aliphatic rings. The Labute approximate surface area is 88.2 Å². The topological polar surface area (TPSA) is 0 Å². The highest BCUT2D eigenvalue weighted by Crippen LogP contribution is 2.33. The van der Waals surface area contributed by atoms with Crippen molar-refractivity contribution in [2.75, 3.05) is 0 Å². The van der Waals surface area contributed by atoms with Crippen LogP contribution in [0.4, 0.5) is 13.2 Å². The number of hydrogen-bond acceptors (Lipinski definition) is 0. The first kappa shape index (κ1) is 6.43. The highest BCUT2D eigenvalue weighted by molar-refractivity contribution is 9.13. The Morgan fingerprint density at radius 1 is 1.17 bits per heavy atom. The van der Waals surface area contributed by atoms with Crippen molar-refractivity contribution >= 4 is 31.9 Å². The first-order chi connectivity index (χ1) is 6.68. The highest BCUT2D eigenvalue weighted by atomic mass is 79.9. The lowest BCUT2D eigenvalue weighted by Gasteiger charge is -2.06. The first-order valence-electron chi connectivity index (χ1n) is 4.19. The summed E-state index contributed by atoms with van der Waals surface area (Å²) in [4.78, 5) is 0. The molecule has 0 amide bonds. The zero-order chi connectivity index (χ0) is 12.0. The van der Waals surface area contributed by atoms with E-state index in [9.17, 15) is 13.2 Å². The van der Waals surface area contributed by atoms with Crippen molar-refractivity contribution in [2.24, 2.45) is 0 Å². The molecule has 5 heteroatoms. The van der Waals surface area contributed by atoms with Crippen LogP contribution in [0, 0.1) is 0 Å². The van der Waals surface area contributed by atoms with Gasteiger partial charge >= 0.3 is 6.18 Å². The summed E-state index contributed by atoms with van der Waals surface area (Å²) in [5.41, 5.74) is -1.40. The highest BCUT2D eigenvalue weighted by Gasteiger charge is 2.30. The summed E-state index contributed by atoms with van der Waals surface area (Å²) < 4.78 is 58.8. The molecule has 0 heterocycles. The maximum Gasteiger partial charge on any atom is 0.416 e. The van der Waals surface area contributed by atoms with E-state index in [1.165, 1.54) is 0 Å². The maximum atomic E-state index is 12.4. The molecule has 0 spiro atoms. The summed E-state index contributed by atoms with van der Waals surface area (Å²) in [6.45, 7) is 0. The van der Waals surface area contributed by atoms with Gasteiger partial charge in [-0.05, 0) is 50.0 Å². The van der Waals surface area contributed by atoms with Crippen molar-refractivity contribution < 1.29 is 17.3 Å². The summed E-state index contributed by atoms with van der Waals surface area (Å²) in [6, 6.07) is -2.43. The molecule has 0 fully saturated rings. The van der Waals surface area contributed by atoms with Crippen LogP contribution in [0.15, 0.2) is 27.1 Å². The molecule has 0 aliphatic heterocycles. The summed E-state index contributed by atoms with van der Waals surface area (Å²) in [7, 11) is 0. The van der Waals surface area contributed by atoms with E-state index in [0.29, 0.717) is 0 Å². The van der Waals surface area contributed by atoms with E-state index in [0.717, 1.165) is 0 Å². The van der Waals surface area contributed by atoms with Gasteiger partial charge < -0.3 is 0 Å². The fourth-order valence-electron chi connectivity index (χ4n) is 0.510. The Morgan fingerprint density at radius 2 is 1.75 bits per heavy atom. The third-order valence-electron chi connectivity index (χ3n) is 1.01. The molecule has 1 aromatic rings. The third kappa shape index (κ3) is 2.23. The largest absolute Gasteiger partial charge is 0.416 e. The minimum Gasteiger partial charge on any atom is -0.166 e. The number of alkyl halides is 3. The molecule has 0 saturated carbocycles. The SMILES string of the molecule is [2H]c1c([2H])c(C(F)(F)F)c([2H])c(Br)c1Br. The second kappa shape index (κ2) is 3.38. The van der Waals surface area contributed by atoms with E-state index < -0.39 is 29.9 Å². The van der Waals surface area contributed by atoms with Gasteiger partial charge in [-0.2, -0.15) is 13.2 Å². The average molecular weight is 307 g/mol. The van der Waals surface area contributed by atoms with Gasteiger partial charge in [0.15, 0.2) is 0 Å². The molecular formula is C7H3Br2F3. The predicted octanol–water partition coefficient (Wildman–Crippen LogP) is 4.23. The van der Waals surface area contributed by atoms with Crippen molar-refractivity contribution in [3.05, 3.63) is 32.6 Å². The molecule has 0 atom stereocenters. The molecular weight excluding hydrogens is 301 g/mol. The monoisotopic (exact) mass is 305 g/mol. The van der Waals surface area contributed by atoms with Crippen LogP contribution in [0.5, 0.6) is 0 Å². The van der Waals surface area contributed by atoms with Crippen molar-refractivity contribution in [1.82, 2.24) is 0 Å². The smallest absolute Gasteiger partial charge is 0.166 e. The van der Waals surface area contributed by atoms with Gasteiger partial charge in [0.25, 0.3) is 0 Å². The molecule has 0 aliphatic carbocycles. The summed E-state index contributed by atoms with van der Waals surface area (Å²) in [5.74, 6) is 0. The Kier molecular flexibility index (Phi) is 1.81. The van der Waals surface area contributed by atoms with Crippen LogP contribution in [-0.2, 0) is 6.18 Å². The molecule has 0 unspecified atom stereocenters. The fourth-order valence-corrected chi connectivity index (χ4v) is 1.01. The molecule has 0 N–H and O–H groups in total.